The molecule has 0 aliphatic heterocycles. The molecule has 21 heavy (non-hydrogen) atoms. The second-order valence-electron chi connectivity index (χ2n) is 4.51. The third-order valence-corrected chi connectivity index (χ3v) is 2.98. The lowest BCUT2D eigenvalue weighted by atomic mass is 10.1. The molecule has 0 radical (unpaired) electrons. The van der Waals surface area contributed by atoms with Crippen molar-refractivity contribution in [3.05, 3.63) is 52.7 Å². The number of ether oxygens (including phenoxy) is 1. The van der Waals surface area contributed by atoms with Gasteiger partial charge in [-0.3, -0.25) is 0 Å². The van der Waals surface area contributed by atoms with Crippen molar-refractivity contribution in [2.75, 3.05) is 0 Å². The fourth-order valence-corrected chi connectivity index (χ4v) is 2.02. The van der Waals surface area contributed by atoms with E-state index in [0.29, 0.717) is 5.75 Å². The van der Waals surface area contributed by atoms with E-state index in [9.17, 15) is 13.2 Å². The van der Waals surface area contributed by atoms with Crippen LogP contribution in [0, 0.1) is 0 Å². The minimum atomic E-state index is -4.49. The fraction of sp³-hybridized carbons (Fsp3) is 0.267. The molecule has 6 heteroatoms. The number of hydrogen-bond donors (Lipinski definition) is 0. The molecule has 0 aliphatic rings. The molecule has 0 bridgehead atoms. The number of hydrogen-bond acceptors (Lipinski definition) is 2. The van der Waals surface area contributed by atoms with Gasteiger partial charge in [0.05, 0.1) is 5.56 Å². The average Bonchev–Trinajstić information content (AvgIpc) is 2.40. The zero-order valence-corrected chi connectivity index (χ0v) is 12.0. The molecule has 112 valence electrons. The van der Waals surface area contributed by atoms with Crippen LogP contribution in [-0.4, -0.2) is 4.98 Å². The van der Waals surface area contributed by atoms with Crippen molar-refractivity contribution in [2.24, 2.45) is 0 Å². The molecule has 0 N–H and O–H groups in total. The van der Waals surface area contributed by atoms with Crippen molar-refractivity contribution >= 4 is 11.6 Å². The van der Waals surface area contributed by atoms with E-state index in [4.69, 9.17) is 16.3 Å². The van der Waals surface area contributed by atoms with Gasteiger partial charge < -0.3 is 4.74 Å². The molecule has 0 saturated heterocycles. The highest BCUT2D eigenvalue weighted by atomic mass is 35.5. The highest BCUT2D eigenvalue weighted by Gasteiger charge is 2.31. The normalized spacial score (nSPS) is 11.5. The van der Waals surface area contributed by atoms with Crippen molar-refractivity contribution in [1.29, 1.82) is 0 Å². The summed E-state index contributed by atoms with van der Waals surface area (Å²) in [5, 5.41) is -0.262. The van der Waals surface area contributed by atoms with E-state index in [2.05, 4.69) is 11.9 Å². The van der Waals surface area contributed by atoms with Crippen LogP contribution >= 0.6 is 11.6 Å². The van der Waals surface area contributed by atoms with Gasteiger partial charge in [0.25, 0.3) is 0 Å². The minimum absolute atomic E-state index is 0.182. The van der Waals surface area contributed by atoms with Gasteiger partial charge in [-0.05, 0) is 30.2 Å². The standard InChI is InChI=1S/C15H13ClF3NO/c1-2-3-10-4-6-12(7-5-10)21-14-9-11(15(17,18)19)8-13(16)20-14/h4-9H,2-3H2,1H3. The summed E-state index contributed by atoms with van der Waals surface area (Å²) >= 11 is 5.60. The second kappa shape index (κ2) is 6.35. The maximum Gasteiger partial charge on any atom is 0.416 e. The summed E-state index contributed by atoms with van der Waals surface area (Å²) in [5.74, 6) is 0.232. The van der Waals surface area contributed by atoms with Crippen LogP contribution in [0.2, 0.25) is 5.15 Å². The van der Waals surface area contributed by atoms with E-state index in [1.165, 1.54) is 0 Å². The minimum Gasteiger partial charge on any atom is -0.439 e. The van der Waals surface area contributed by atoms with Crippen LogP contribution in [0.1, 0.15) is 24.5 Å². The Labute approximate surface area is 125 Å². The zero-order valence-electron chi connectivity index (χ0n) is 11.2. The van der Waals surface area contributed by atoms with E-state index >= 15 is 0 Å². The van der Waals surface area contributed by atoms with Crippen molar-refractivity contribution in [2.45, 2.75) is 25.9 Å². The third kappa shape index (κ3) is 4.36. The van der Waals surface area contributed by atoms with Gasteiger partial charge >= 0.3 is 6.18 Å². The number of aryl methyl sites for hydroxylation is 1. The highest BCUT2D eigenvalue weighted by molar-refractivity contribution is 6.29. The molecule has 1 aromatic carbocycles. The van der Waals surface area contributed by atoms with Crippen LogP contribution in [0.5, 0.6) is 11.6 Å². The summed E-state index contributed by atoms with van der Waals surface area (Å²) < 4.78 is 43.4. The van der Waals surface area contributed by atoms with Crippen molar-refractivity contribution in [1.82, 2.24) is 4.98 Å². The second-order valence-corrected chi connectivity index (χ2v) is 4.90. The Bertz CT molecular complexity index is 611. The number of aromatic nitrogens is 1. The highest BCUT2D eigenvalue weighted by Crippen LogP contribution is 2.33. The van der Waals surface area contributed by atoms with Gasteiger partial charge in [-0.25, -0.2) is 4.98 Å². The van der Waals surface area contributed by atoms with Crippen molar-refractivity contribution in [3.63, 3.8) is 0 Å². The molecule has 0 spiro atoms. The summed E-state index contributed by atoms with van der Waals surface area (Å²) in [4.78, 5) is 3.74. The Morgan fingerprint density at radius 3 is 2.38 bits per heavy atom. The molecular formula is C15H13ClF3NO. The van der Waals surface area contributed by atoms with Gasteiger partial charge in [0.1, 0.15) is 10.9 Å². The van der Waals surface area contributed by atoms with Crippen LogP contribution in [0.3, 0.4) is 0 Å². The maximum atomic E-state index is 12.7. The third-order valence-electron chi connectivity index (χ3n) is 2.78. The largest absolute Gasteiger partial charge is 0.439 e. The molecule has 0 aliphatic carbocycles. The monoisotopic (exact) mass is 315 g/mol. The van der Waals surface area contributed by atoms with Crippen LogP contribution in [0.4, 0.5) is 13.2 Å². The number of halogens is 4. The number of benzene rings is 1. The van der Waals surface area contributed by atoms with E-state index in [1.807, 2.05) is 12.1 Å². The van der Waals surface area contributed by atoms with Gasteiger partial charge in [-0.1, -0.05) is 37.1 Å². The fourth-order valence-electron chi connectivity index (χ4n) is 1.82. The van der Waals surface area contributed by atoms with Gasteiger partial charge in [0.2, 0.25) is 5.88 Å². The predicted molar refractivity (Wildman–Crippen MR) is 74.8 cm³/mol. The molecule has 0 amide bonds. The molecule has 2 nitrogen and oxygen atoms in total. The maximum absolute atomic E-state index is 12.7. The van der Waals surface area contributed by atoms with Gasteiger partial charge in [-0.2, -0.15) is 13.2 Å². The van der Waals surface area contributed by atoms with E-state index < -0.39 is 11.7 Å². The first-order valence-electron chi connectivity index (χ1n) is 6.40. The molecule has 1 heterocycles. The SMILES string of the molecule is CCCc1ccc(Oc2cc(C(F)(F)F)cc(Cl)n2)cc1. The lowest BCUT2D eigenvalue weighted by Gasteiger charge is -2.10. The summed E-state index contributed by atoms with van der Waals surface area (Å²) in [7, 11) is 0. The molecular weight excluding hydrogens is 303 g/mol. The number of rotatable bonds is 4. The lowest BCUT2D eigenvalue weighted by molar-refractivity contribution is -0.137. The van der Waals surface area contributed by atoms with Crippen LogP contribution < -0.4 is 4.74 Å². The van der Waals surface area contributed by atoms with Crippen LogP contribution in [-0.2, 0) is 12.6 Å². The van der Waals surface area contributed by atoms with Crippen molar-refractivity contribution < 1.29 is 17.9 Å². The van der Waals surface area contributed by atoms with E-state index in [0.717, 1.165) is 30.5 Å². The number of alkyl halides is 3. The van der Waals surface area contributed by atoms with E-state index in [-0.39, 0.29) is 11.0 Å². The summed E-state index contributed by atoms with van der Waals surface area (Å²) in [6.45, 7) is 2.07. The van der Waals surface area contributed by atoms with Gasteiger partial charge in [0, 0.05) is 6.07 Å². The first-order chi connectivity index (χ1) is 9.88. The van der Waals surface area contributed by atoms with Crippen LogP contribution in [0.25, 0.3) is 0 Å². The predicted octanol–water partition coefficient (Wildman–Crippen LogP) is 5.50. The van der Waals surface area contributed by atoms with Gasteiger partial charge in [0.15, 0.2) is 0 Å². The molecule has 0 unspecified atom stereocenters. The summed E-state index contributed by atoms with van der Waals surface area (Å²) in [6.07, 6.45) is -2.53. The number of nitrogens with zero attached hydrogens (tertiary/aromatic N) is 1. The van der Waals surface area contributed by atoms with Gasteiger partial charge in [-0.15, -0.1) is 0 Å². The molecule has 0 saturated carbocycles. The quantitative estimate of drug-likeness (QED) is 0.695. The molecule has 2 rings (SSSR count). The molecule has 0 fully saturated rings. The zero-order chi connectivity index (χ0) is 15.5. The molecule has 0 atom stereocenters. The van der Waals surface area contributed by atoms with E-state index in [1.54, 1.807) is 12.1 Å². The van der Waals surface area contributed by atoms with Crippen molar-refractivity contribution in [3.8, 4) is 11.6 Å². The lowest BCUT2D eigenvalue weighted by Crippen LogP contribution is -2.05. The Kier molecular flexibility index (Phi) is 4.73. The molecule has 1 aromatic heterocycles. The smallest absolute Gasteiger partial charge is 0.416 e. The Balaban J connectivity index is 2.21. The Morgan fingerprint density at radius 1 is 1.14 bits per heavy atom. The van der Waals surface area contributed by atoms with Crippen LogP contribution in [0.15, 0.2) is 36.4 Å². The molecule has 2 aromatic rings. The first-order valence-corrected chi connectivity index (χ1v) is 6.78. The summed E-state index contributed by atoms with van der Waals surface area (Å²) in [6, 6.07) is 8.72. The number of pyridine rings is 1. The Morgan fingerprint density at radius 2 is 1.81 bits per heavy atom. The average molecular weight is 316 g/mol. The summed E-state index contributed by atoms with van der Waals surface area (Å²) in [5.41, 5.74) is 0.250. The topological polar surface area (TPSA) is 22.1 Å². The first kappa shape index (κ1) is 15.6. The Hall–Kier alpha value is -1.75.